The molecule has 24 heavy (non-hydrogen) atoms. The van der Waals surface area contributed by atoms with E-state index in [9.17, 15) is 0 Å². The molecule has 1 saturated heterocycles. The molecule has 0 radical (unpaired) electrons. The van der Waals surface area contributed by atoms with Crippen molar-refractivity contribution in [1.29, 1.82) is 0 Å². The van der Waals surface area contributed by atoms with Gasteiger partial charge >= 0.3 is 0 Å². The van der Waals surface area contributed by atoms with Gasteiger partial charge in [-0.3, -0.25) is 0 Å². The van der Waals surface area contributed by atoms with Gasteiger partial charge in [0.05, 0.1) is 5.69 Å². The second-order valence-corrected chi connectivity index (χ2v) is 6.99. The molecule has 4 rings (SSSR count). The van der Waals surface area contributed by atoms with E-state index in [1.54, 1.807) is 0 Å². The molecule has 0 aromatic carbocycles. The third-order valence-electron chi connectivity index (χ3n) is 5.05. The van der Waals surface area contributed by atoms with Gasteiger partial charge in [-0.15, -0.1) is 0 Å². The minimum Gasteiger partial charge on any atom is -0.341 e. The van der Waals surface area contributed by atoms with Gasteiger partial charge in [-0.2, -0.15) is 0 Å². The number of fused-ring (bicyclic) bond motifs is 1. The van der Waals surface area contributed by atoms with E-state index in [4.69, 9.17) is 4.98 Å². The minimum absolute atomic E-state index is 0.511. The van der Waals surface area contributed by atoms with Crippen LogP contribution < -0.4 is 10.2 Å². The van der Waals surface area contributed by atoms with Crippen LogP contribution >= 0.6 is 0 Å². The molecule has 0 unspecified atom stereocenters. The molecule has 6 heteroatoms. The monoisotopic (exact) mass is 326 g/mol. The zero-order chi connectivity index (χ0) is 16.4. The highest BCUT2D eigenvalue weighted by atomic mass is 15.3. The fourth-order valence-electron chi connectivity index (χ4n) is 3.81. The van der Waals surface area contributed by atoms with Crippen LogP contribution in [0.5, 0.6) is 0 Å². The quantitative estimate of drug-likeness (QED) is 0.913. The maximum atomic E-state index is 4.71. The van der Waals surface area contributed by atoms with Crippen molar-refractivity contribution in [2.75, 3.05) is 24.5 Å². The predicted molar refractivity (Wildman–Crippen MR) is 94.1 cm³/mol. The Morgan fingerprint density at radius 2 is 1.92 bits per heavy atom. The van der Waals surface area contributed by atoms with Crippen LogP contribution in [0.2, 0.25) is 0 Å². The first kappa shape index (κ1) is 15.6. The summed E-state index contributed by atoms with van der Waals surface area (Å²) in [7, 11) is 0. The molecule has 2 aromatic heterocycles. The lowest BCUT2D eigenvalue weighted by molar-refractivity contribution is 0.422. The molecule has 0 amide bonds. The fourth-order valence-corrected chi connectivity index (χ4v) is 3.81. The summed E-state index contributed by atoms with van der Waals surface area (Å²) < 4.78 is 2.32. The second-order valence-electron chi connectivity index (χ2n) is 6.99. The van der Waals surface area contributed by atoms with E-state index in [0.717, 1.165) is 49.9 Å². The van der Waals surface area contributed by atoms with E-state index < -0.39 is 0 Å². The molecule has 0 saturated carbocycles. The first-order chi connectivity index (χ1) is 11.8. The molecule has 1 N–H and O–H groups in total. The van der Waals surface area contributed by atoms with E-state index in [1.807, 2.05) is 12.4 Å². The first-order valence-corrected chi connectivity index (χ1v) is 9.10. The van der Waals surface area contributed by atoms with Gasteiger partial charge < -0.3 is 14.8 Å². The van der Waals surface area contributed by atoms with Crippen LogP contribution in [0, 0.1) is 6.92 Å². The molecular formula is C18H26N6. The number of hydrogen-bond acceptors (Lipinski definition) is 5. The molecule has 2 aromatic rings. The number of aromatic nitrogens is 4. The molecule has 128 valence electrons. The van der Waals surface area contributed by atoms with Crippen LogP contribution in [-0.4, -0.2) is 39.2 Å². The van der Waals surface area contributed by atoms with Gasteiger partial charge in [0.25, 0.3) is 0 Å². The average Bonchev–Trinajstić information content (AvgIpc) is 3.24. The van der Waals surface area contributed by atoms with Crippen molar-refractivity contribution in [3.8, 4) is 0 Å². The fraction of sp³-hybridized carbons (Fsp3) is 0.611. The zero-order valence-electron chi connectivity index (χ0n) is 14.4. The van der Waals surface area contributed by atoms with Crippen molar-refractivity contribution in [2.24, 2.45) is 0 Å². The van der Waals surface area contributed by atoms with Crippen molar-refractivity contribution in [3.05, 3.63) is 35.7 Å². The number of rotatable bonds is 5. The zero-order valence-corrected chi connectivity index (χ0v) is 14.4. The van der Waals surface area contributed by atoms with Crippen molar-refractivity contribution in [3.63, 3.8) is 0 Å². The number of anilines is 1. The summed E-state index contributed by atoms with van der Waals surface area (Å²) in [5, 5.41) is 3.56. The normalized spacial score (nSPS) is 20.4. The Labute approximate surface area is 143 Å². The van der Waals surface area contributed by atoms with E-state index in [0.29, 0.717) is 5.92 Å². The number of nitrogens with zero attached hydrogens (tertiary/aromatic N) is 5. The minimum atomic E-state index is 0.511. The Kier molecular flexibility index (Phi) is 4.47. The molecule has 1 atom stereocenters. The Bertz CT molecular complexity index is 671. The number of hydrogen-bond donors (Lipinski definition) is 1. The number of aryl methyl sites for hydroxylation is 2. The van der Waals surface area contributed by atoms with Crippen molar-refractivity contribution in [1.82, 2.24) is 24.8 Å². The van der Waals surface area contributed by atoms with Crippen LogP contribution in [0.25, 0.3) is 0 Å². The van der Waals surface area contributed by atoms with Crippen LogP contribution in [0.15, 0.2) is 18.6 Å². The summed E-state index contributed by atoms with van der Waals surface area (Å²) in [6.45, 7) is 7.14. The van der Waals surface area contributed by atoms with Crippen LogP contribution in [0.3, 0.4) is 0 Å². The van der Waals surface area contributed by atoms with Crippen LogP contribution in [0.4, 0.5) is 5.95 Å². The molecule has 1 fully saturated rings. The third kappa shape index (κ3) is 3.29. The van der Waals surface area contributed by atoms with Crippen molar-refractivity contribution >= 4 is 5.95 Å². The maximum Gasteiger partial charge on any atom is 0.225 e. The Morgan fingerprint density at radius 1 is 1.12 bits per heavy atom. The van der Waals surface area contributed by atoms with E-state index in [1.165, 1.54) is 31.5 Å². The van der Waals surface area contributed by atoms with Gasteiger partial charge in [-0.1, -0.05) is 0 Å². The molecule has 2 aliphatic heterocycles. The SMILES string of the molecule is Cc1cn2c(n1)[C@H](CNCc1cnc(N3CCCC3)nc1)CCC2. The summed E-state index contributed by atoms with van der Waals surface area (Å²) in [5.41, 5.74) is 2.27. The topological polar surface area (TPSA) is 58.9 Å². The molecule has 2 aliphatic rings. The smallest absolute Gasteiger partial charge is 0.225 e. The van der Waals surface area contributed by atoms with Gasteiger partial charge in [0.1, 0.15) is 5.82 Å². The summed E-state index contributed by atoms with van der Waals surface area (Å²) in [6, 6.07) is 0. The number of imidazole rings is 1. The largest absolute Gasteiger partial charge is 0.341 e. The molecule has 4 heterocycles. The Balaban J connectivity index is 1.31. The van der Waals surface area contributed by atoms with Gasteiger partial charge in [0.2, 0.25) is 5.95 Å². The standard InChI is InChI=1S/C18H26N6/c1-14-13-24-8-4-5-16(17(24)22-14)12-19-9-15-10-20-18(21-11-15)23-6-2-3-7-23/h10-11,13,16,19H,2-9,12H2,1H3/t16-/m0/s1. The lowest BCUT2D eigenvalue weighted by Crippen LogP contribution is -2.26. The van der Waals surface area contributed by atoms with Gasteiger partial charge in [0.15, 0.2) is 0 Å². The van der Waals surface area contributed by atoms with Crippen LogP contribution in [-0.2, 0) is 13.1 Å². The molecule has 0 aliphatic carbocycles. The van der Waals surface area contributed by atoms with E-state index >= 15 is 0 Å². The summed E-state index contributed by atoms with van der Waals surface area (Å²) >= 11 is 0. The van der Waals surface area contributed by atoms with Crippen molar-refractivity contribution < 1.29 is 0 Å². The van der Waals surface area contributed by atoms with E-state index in [2.05, 4.69) is 37.9 Å². The van der Waals surface area contributed by atoms with Gasteiger partial charge in [-0.25, -0.2) is 15.0 Å². The molecule has 0 spiro atoms. The molecule has 0 bridgehead atoms. The van der Waals surface area contributed by atoms with Crippen LogP contribution in [0.1, 0.15) is 48.7 Å². The molecule has 6 nitrogen and oxygen atoms in total. The average molecular weight is 326 g/mol. The van der Waals surface area contributed by atoms with Crippen molar-refractivity contribution in [2.45, 2.75) is 51.6 Å². The second kappa shape index (κ2) is 6.89. The Morgan fingerprint density at radius 3 is 2.71 bits per heavy atom. The maximum absolute atomic E-state index is 4.71. The Hall–Kier alpha value is -1.95. The summed E-state index contributed by atoms with van der Waals surface area (Å²) in [5.74, 6) is 2.63. The summed E-state index contributed by atoms with van der Waals surface area (Å²) in [6.07, 6.45) is 11.1. The lowest BCUT2D eigenvalue weighted by atomic mass is 9.99. The van der Waals surface area contributed by atoms with Gasteiger partial charge in [0, 0.05) is 62.8 Å². The molecular weight excluding hydrogens is 300 g/mol. The van der Waals surface area contributed by atoms with Gasteiger partial charge in [-0.05, 0) is 32.6 Å². The highest BCUT2D eigenvalue weighted by Gasteiger charge is 2.22. The highest BCUT2D eigenvalue weighted by Crippen LogP contribution is 2.26. The number of nitrogens with one attached hydrogen (secondary N) is 1. The summed E-state index contributed by atoms with van der Waals surface area (Å²) in [4.78, 5) is 16.0. The van der Waals surface area contributed by atoms with E-state index in [-0.39, 0.29) is 0 Å². The highest BCUT2D eigenvalue weighted by molar-refractivity contribution is 5.30. The first-order valence-electron chi connectivity index (χ1n) is 9.10. The lowest BCUT2D eigenvalue weighted by Gasteiger charge is -2.23. The third-order valence-corrected chi connectivity index (χ3v) is 5.05. The predicted octanol–water partition coefficient (Wildman–Crippen LogP) is 2.25.